The molecule has 0 amide bonds. The number of benzene rings is 1. The molecular weight excluding hydrogens is 408 g/mol. The first-order chi connectivity index (χ1) is 16.2. The minimum Gasteiger partial charge on any atom is -0.341 e. The van der Waals surface area contributed by atoms with Gasteiger partial charge >= 0.3 is 0 Å². The van der Waals surface area contributed by atoms with Gasteiger partial charge in [0.15, 0.2) is 5.82 Å². The topological polar surface area (TPSA) is 50.1 Å². The number of hydrogen-bond acceptors (Lipinski definition) is 5. The fraction of sp³-hybridized carbons (Fsp3) is 0.519. The summed E-state index contributed by atoms with van der Waals surface area (Å²) >= 11 is 0. The molecule has 2 fully saturated rings. The van der Waals surface area contributed by atoms with E-state index in [1.807, 2.05) is 0 Å². The van der Waals surface area contributed by atoms with Crippen molar-refractivity contribution in [1.29, 1.82) is 0 Å². The largest absolute Gasteiger partial charge is 0.341 e. The Balaban J connectivity index is 1.59. The maximum Gasteiger partial charge on any atom is 0.230 e. The standard InChI is InChI=1S/C27H36N6/c1-21-18-22(2)20-23(19-21)33-17-11-12-24(33)25-28-26(31-13-7-3-4-8-14-31)30-27(29-25)32-15-9-5-6-10-16-32/h11-12,17-20H,3-10,13-16H2,1-2H3. The fourth-order valence-corrected chi connectivity index (χ4v) is 5.17. The summed E-state index contributed by atoms with van der Waals surface area (Å²) in [5.41, 5.74) is 4.70. The van der Waals surface area contributed by atoms with Crippen molar-refractivity contribution in [3.8, 4) is 17.2 Å². The van der Waals surface area contributed by atoms with Gasteiger partial charge in [-0.2, -0.15) is 15.0 Å². The van der Waals surface area contributed by atoms with E-state index in [0.717, 1.165) is 55.3 Å². The number of hydrogen-bond donors (Lipinski definition) is 0. The number of anilines is 2. The van der Waals surface area contributed by atoms with E-state index in [4.69, 9.17) is 15.0 Å². The van der Waals surface area contributed by atoms with Gasteiger partial charge in [-0.15, -0.1) is 0 Å². The van der Waals surface area contributed by atoms with Gasteiger partial charge in [-0.1, -0.05) is 31.7 Å². The Morgan fingerprint density at radius 2 is 1.15 bits per heavy atom. The van der Waals surface area contributed by atoms with Crippen LogP contribution in [0.25, 0.3) is 17.2 Å². The first-order valence-corrected chi connectivity index (χ1v) is 12.7. The van der Waals surface area contributed by atoms with E-state index in [0.29, 0.717) is 0 Å². The third kappa shape index (κ3) is 5.05. The maximum absolute atomic E-state index is 5.05. The third-order valence-corrected chi connectivity index (χ3v) is 6.85. The molecule has 1 aromatic carbocycles. The molecule has 4 heterocycles. The molecule has 0 radical (unpaired) electrons. The van der Waals surface area contributed by atoms with E-state index < -0.39 is 0 Å². The lowest BCUT2D eigenvalue weighted by molar-refractivity contribution is 0.726. The van der Waals surface area contributed by atoms with Crippen LogP contribution >= 0.6 is 0 Å². The molecule has 5 rings (SSSR count). The zero-order chi connectivity index (χ0) is 22.6. The predicted octanol–water partition coefficient (Wildman–Crippen LogP) is 5.71. The molecule has 3 aromatic rings. The second kappa shape index (κ2) is 9.94. The van der Waals surface area contributed by atoms with E-state index in [-0.39, 0.29) is 0 Å². The van der Waals surface area contributed by atoms with Crippen molar-refractivity contribution in [2.75, 3.05) is 36.0 Å². The van der Waals surface area contributed by atoms with Gasteiger partial charge < -0.3 is 14.4 Å². The molecule has 0 unspecified atom stereocenters. The highest BCUT2D eigenvalue weighted by Crippen LogP contribution is 2.27. The SMILES string of the molecule is Cc1cc(C)cc(-n2cccc2-c2nc(N3CCCCCC3)nc(N3CCCCCC3)n2)c1. The molecule has 6 heteroatoms. The average Bonchev–Trinajstić information content (AvgIpc) is 2.99. The van der Waals surface area contributed by atoms with Crippen LogP contribution in [0.2, 0.25) is 0 Å². The van der Waals surface area contributed by atoms with Gasteiger partial charge in [0.2, 0.25) is 11.9 Å². The van der Waals surface area contributed by atoms with Crippen LogP contribution in [0.3, 0.4) is 0 Å². The normalized spacial score (nSPS) is 17.6. The van der Waals surface area contributed by atoms with E-state index >= 15 is 0 Å². The Morgan fingerprint density at radius 1 is 0.636 bits per heavy atom. The smallest absolute Gasteiger partial charge is 0.230 e. The van der Waals surface area contributed by atoms with E-state index in [1.54, 1.807) is 0 Å². The first-order valence-electron chi connectivity index (χ1n) is 12.7. The Kier molecular flexibility index (Phi) is 6.60. The van der Waals surface area contributed by atoms with Crippen molar-refractivity contribution in [1.82, 2.24) is 19.5 Å². The van der Waals surface area contributed by atoms with E-state index in [1.165, 1.54) is 62.5 Å². The van der Waals surface area contributed by atoms with E-state index in [2.05, 4.69) is 64.7 Å². The summed E-state index contributed by atoms with van der Waals surface area (Å²) in [6.07, 6.45) is 12.1. The summed E-state index contributed by atoms with van der Waals surface area (Å²) in [4.78, 5) is 19.9. The van der Waals surface area contributed by atoms with Gasteiger partial charge in [0.25, 0.3) is 0 Å². The van der Waals surface area contributed by atoms with Crippen molar-refractivity contribution >= 4 is 11.9 Å². The number of aryl methyl sites for hydroxylation is 2. The van der Waals surface area contributed by atoms with Crippen LogP contribution in [0.15, 0.2) is 36.5 Å². The van der Waals surface area contributed by atoms with Crippen LogP contribution in [0.1, 0.15) is 62.5 Å². The van der Waals surface area contributed by atoms with Gasteiger partial charge in [0.1, 0.15) is 0 Å². The highest BCUT2D eigenvalue weighted by atomic mass is 15.3. The number of nitrogens with zero attached hydrogens (tertiary/aromatic N) is 6. The Morgan fingerprint density at radius 3 is 1.67 bits per heavy atom. The highest BCUT2D eigenvalue weighted by Gasteiger charge is 2.21. The molecule has 2 aliphatic heterocycles. The number of aromatic nitrogens is 4. The van der Waals surface area contributed by atoms with Gasteiger partial charge in [-0.3, -0.25) is 0 Å². The molecule has 0 N–H and O–H groups in total. The monoisotopic (exact) mass is 444 g/mol. The molecule has 0 bridgehead atoms. The van der Waals surface area contributed by atoms with Crippen molar-refractivity contribution in [3.05, 3.63) is 47.7 Å². The lowest BCUT2D eigenvalue weighted by atomic mass is 10.1. The Hall–Kier alpha value is -2.89. The van der Waals surface area contributed by atoms with Crippen LogP contribution in [0.5, 0.6) is 0 Å². The molecule has 33 heavy (non-hydrogen) atoms. The highest BCUT2D eigenvalue weighted by molar-refractivity contribution is 5.59. The van der Waals surface area contributed by atoms with Crippen LogP contribution in [0.4, 0.5) is 11.9 Å². The second-order valence-corrected chi connectivity index (χ2v) is 9.67. The van der Waals surface area contributed by atoms with Gasteiger partial charge in [0, 0.05) is 38.1 Å². The predicted molar refractivity (Wildman–Crippen MR) is 135 cm³/mol. The lowest BCUT2D eigenvalue weighted by Gasteiger charge is -2.25. The maximum atomic E-state index is 5.05. The van der Waals surface area contributed by atoms with Crippen LogP contribution in [-0.2, 0) is 0 Å². The summed E-state index contributed by atoms with van der Waals surface area (Å²) in [5, 5.41) is 0. The van der Waals surface area contributed by atoms with Crippen molar-refractivity contribution in [3.63, 3.8) is 0 Å². The second-order valence-electron chi connectivity index (χ2n) is 9.67. The van der Waals surface area contributed by atoms with Gasteiger partial charge in [-0.25, -0.2) is 0 Å². The molecular formula is C27H36N6. The summed E-state index contributed by atoms with van der Waals surface area (Å²) in [6.45, 7) is 8.42. The summed E-state index contributed by atoms with van der Waals surface area (Å²) in [5.74, 6) is 2.45. The average molecular weight is 445 g/mol. The zero-order valence-electron chi connectivity index (χ0n) is 20.1. The zero-order valence-corrected chi connectivity index (χ0v) is 20.1. The molecule has 2 aliphatic rings. The quantitative estimate of drug-likeness (QED) is 0.516. The number of rotatable bonds is 4. The Labute approximate surface area is 197 Å². The summed E-state index contributed by atoms with van der Waals surface area (Å²) in [6, 6.07) is 10.9. The molecule has 6 nitrogen and oxygen atoms in total. The lowest BCUT2D eigenvalue weighted by Crippen LogP contribution is -2.30. The van der Waals surface area contributed by atoms with Crippen molar-refractivity contribution in [2.45, 2.75) is 65.2 Å². The molecule has 2 aromatic heterocycles. The van der Waals surface area contributed by atoms with Crippen LogP contribution < -0.4 is 9.80 Å². The summed E-state index contributed by atoms with van der Waals surface area (Å²) < 4.78 is 2.22. The molecule has 174 valence electrons. The molecule has 0 saturated carbocycles. The molecule has 2 saturated heterocycles. The third-order valence-electron chi connectivity index (χ3n) is 6.85. The van der Waals surface area contributed by atoms with Crippen LogP contribution in [0, 0.1) is 13.8 Å². The van der Waals surface area contributed by atoms with Crippen molar-refractivity contribution < 1.29 is 0 Å². The van der Waals surface area contributed by atoms with Crippen LogP contribution in [-0.4, -0.2) is 45.7 Å². The van der Waals surface area contributed by atoms with Gasteiger partial charge in [0.05, 0.1) is 5.69 Å². The van der Waals surface area contributed by atoms with Gasteiger partial charge in [-0.05, 0) is 74.9 Å². The first kappa shape index (κ1) is 21.9. The Bertz CT molecular complexity index is 1010. The van der Waals surface area contributed by atoms with Crippen molar-refractivity contribution in [2.24, 2.45) is 0 Å². The molecule has 0 atom stereocenters. The summed E-state index contributed by atoms with van der Waals surface area (Å²) in [7, 11) is 0. The fourth-order valence-electron chi connectivity index (χ4n) is 5.17. The molecule has 0 spiro atoms. The minimum atomic E-state index is 0.771. The molecule has 0 aliphatic carbocycles. The van der Waals surface area contributed by atoms with E-state index in [9.17, 15) is 0 Å². The minimum absolute atomic E-state index is 0.771.